The highest BCUT2D eigenvalue weighted by Crippen LogP contribution is 2.51. The van der Waals surface area contributed by atoms with Gasteiger partial charge in [0.25, 0.3) is 5.91 Å². The molecule has 5 atom stereocenters. The van der Waals surface area contributed by atoms with Crippen LogP contribution in [0.4, 0.5) is 11.4 Å². The molecular formula is C49H53N5O6. The quantitative estimate of drug-likeness (QED) is 0.226. The molecule has 0 aromatic heterocycles. The van der Waals surface area contributed by atoms with Gasteiger partial charge in [0.1, 0.15) is 35.5 Å². The van der Waals surface area contributed by atoms with E-state index in [0.29, 0.717) is 54.8 Å². The van der Waals surface area contributed by atoms with Gasteiger partial charge >= 0.3 is 0 Å². The Bertz CT molecular complexity index is 2380. The Morgan fingerprint density at radius 1 is 0.933 bits per heavy atom. The van der Waals surface area contributed by atoms with Gasteiger partial charge in [-0.15, -0.1) is 0 Å². The van der Waals surface area contributed by atoms with E-state index in [2.05, 4.69) is 81.2 Å². The first-order valence-corrected chi connectivity index (χ1v) is 21.7. The molecule has 0 saturated carbocycles. The van der Waals surface area contributed by atoms with Crippen LogP contribution in [-0.4, -0.2) is 104 Å². The predicted molar refractivity (Wildman–Crippen MR) is 229 cm³/mol. The first-order chi connectivity index (χ1) is 29.2. The normalized spacial score (nSPS) is 26.8. The highest BCUT2D eigenvalue weighted by molar-refractivity contribution is 6.03. The topological polar surface area (TPSA) is 107 Å². The zero-order valence-corrected chi connectivity index (χ0v) is 34.3. The molecule has 1 spiro atoms. The van der Waals surface area contributed by atoms with Crippen molar-refractivity contribution in [1.82, 2.24) is 15.1 Å². The predicted octanol–water partition coefficient (Wildman–Crippen LogP) is 6.19. The molecule has 60 heavy (non-hydrogen) atoms. The maximum absolute atomic E-state index is 13.5. The summed E-state index contributed by atoms with van der Waals surface area (Å²) in [5.74, 6) is 2.68. The Labute approximate surface area is 351 Å². The number of nitrogens with zero attached hydrogens (tertiary/aromatic N) is 4. The van der Waals surface area contributed by atoms with Crippen LogP contribution < -0.4 is 24.6 Å². The summed E-state index contributed by atoms with van der Waals surface area (Å²) >= 11 is 0. The zero-order chi connectivity index (χ0) is 40.7. The van der Waals surface area contributed by atoms with Gasteiger partial charge in [0.2, 0.25) is 5.91 Å². The van der Waals surface area contributed by atoms with E-state index in [1.54, 1.807) is 12.0 Å². The standard InChI is InChI=1S/C49H53N5O6/c1-30-8-16-43(47(56)50-30)54-25-41-39(48(54)57)15-17-42-46(41)59-27-35-24-51(18-19-53(35)42)23-31-22-49(60-26-31)28-52(29-49)34-10-13-40(44(21-34)58-2)45-37(32-6-4-3-5-7-32)12-9-33-20-36(55)11-14-38(33)45/h3-7,10-11,13-15,17,20-21,31,35,37,43,45,55H,1,8-9,12,16,18-19,22-29H2,2H3,(H,50,56)/t31?,35?,37?,43-,45-/m0/s1. The molecule has 2 amide bonds. The van der Waals surface area contributed by atoms with Crippen LogP contribution in [0.2, 0.25) is 0 Å². The van der Waals surface area contributed by atoms with Crippen LogP contribution in [0, 0.1) is 5.92 Å². The summed E-state index contributed by atoms with van der Waals surface area (Å²) in [5, 5.41) is 13.2. The van der Waals surface area contributed by atoms with Gasteiger partial charge in [-0.2, -0.15) is 0 Å². The molecule has 6 aliphatic heterocycles. The first kappa shape index (κ1) is 37.5. The van der Waals surface area contributed by atoms with Gasteiger partial charge in [-0.05, 0) is 91.0 Å². The third-order valence-corrected chi connectivity index (χ3v) is 14.5. The molecule has 2 N–H and O–H groups in total. The number of phenolic OH excluding ortho intramolecular Hbond substituents is 1. The SMILES string of the molecule is C=C1CC[C@H](N2Cc3c(ccc4c3OCC3CN(CC5COC6(C5)CN(c5ccc([C@@H]7c8ccc(O)cc8CCC7c7ccccc7)c(OC)c5)C6)CCN43)C2=O)C(=O)N1. The number of allylic oxidation sites excluding steroid dienone is 1. The number of fused-ring (bicyclic) bond motifs is 6. The summed E-state index contributed by atoms with van der Waals surface area (Å²) in [6, 6.07) is 27.1. The van der Waals surface area contributed by atoms with Crippen molar-refractivity contribution in [3.8, 4) is 17.2 Å². The van der Waals surface area contributed by atoms with Crippen molar-refractivity contribution in [2.45, 2.75) is 68.2 Å². The molecule has 310 valence electrons. The number of benzene rings is 4. The summed E-state index contributed by atoms with van der Waals surface area (Å²) in [4.78, 5) is 35.4. The van der Waals surface area contributed by atoms with Crippen LogP contribution in [0.5, 0.6) is 17.2 Å². The van der Waals surface area contributed by atoms with E-state index in [9.17, 15) is 14.7 Å². The second-order valence-electron chi connectivity index (χ2n) is 18.2. The number of hydrogen-bond donors (Lipinski definition) is 2. The second kappa shape index (κ2) is 14.6. The number of anilines is 2. The fourth-order valence-corrected chi connectivity index (χ4v) is 11.7. The van der Waals surface area contributed by atoms with Gasteiger partial charge in [-0.3, -0.25) is 14.5 Å². The van der Waals surface area contributed by atoms with Gasteiger partial charge in [-0.1, -0.05) is 49.0 Å². The molecule has 3 unspecified atom stereocenters. The van der Waals surface area contributed by atoms with E-state index in [4.69, 9.17) is 14.2 Å². The molecule has 0 radical (unpaired) electrons. The van der Waals surface area contributed by atoms with Crippen LogP contribution in [-0.2, 0) is 22.5 Å². The van der Waals surface area contributed by atoms with E-state index in [-0.39, 0.29) is 29.4 Å². The summed E-state index contributed by atoms with van der Waals surface area (Å²) in [7, 11) is 1.78. The molecule has 0 bridgehead atoms. The largest absolute Gasteiger partial charge is 0.508 e. The fraction of sp³-hybridized carbons (Fsp3) is 0.429. The Morgan fingerprint density at radius 3 is 2.62 bits per heavy atom. The number of carbonyl (C=O) groups is 2. The summed E-state index contributed by atoms with van der Waals surface area (Å²) in [5.41, 5.74) is 9.36. The van der Waals surface area contributed by atoms with Crippen LogP contribution in [0.15, 0.2) is 91.1 Å². The number of carbonyl (C=O) groups excluding carboxylic acids is 2. The lowest BCUT2D eigenvalue weighted by atomic mass is 9.69. The number of aromatic hydroxyl groups is 1. The Balaban J connectivity index is 0.726. The molecule has 6 heterocycles. The third kappa shape index (κ3) is 6.31. The molecule has 4 aromatic carbocycles. The van der Waals surface area contributed by atoms with Crippen molar-refractivity contribution in [2.75, 3.05) is 69.4 Å². The molecule has 11 rings (SSSR count). The lowest BCUT2D eigenvalue weighted by Crippen LogP contribution is -2.62. The van der Waals surface area contributed by atoms with Crippen LogP contribution in [0.1, 0.15) is 75.7 Å². The van der Waals surface area contributed by atoms with Gasteiger partial charge in [0, 0.05) is 79.3 Å². The van der Waals surface area contributed by atoms with Crippen LogP contribution in [0.3, 0.4) is 0 Å². The summed E-state index contributed by atoms with van der Waals surface area (Å²) in [6.07, 6.45) is 4.26. The van der Waals surface area contributed by atoms with Crippen molar-refractivity contribution in [1.29, 1.82) is 0 Å². The van der Waals surface area contributed by atoms with Crippen molar-refractivity contribution in [3.05, 3.63) is 125 Å². The average molecular weight is 808 g/mol. The zero-order valence-electron chi connectivity index (χ0n) is 34.3. The second-order valence-corrected chi connectivity index (χ2v) is 18.2. The van der Waals surface area contributed by atoms with Gasteiger partial charge < -0.3 is 39.3 Å². The number of ether oxygens (including phenoxy) is 3. The number of piperazine rings is 1. The number of phenols is 1. The number of methoxy groups -OCH3 is 1. The number of hydrogen-bond acceptors (Lipinski definition) is 9. The molecule has 7 aliphatic rings. The van der Waals surface area contributed by atoms with Crippen molar-refractivity contribution < 1.29 is 28.9 Å². The lowest BCUT2D eigenvalue weighted by Gasteiger charge is -2.49. The lowest BCUT2D eigenvalue weighted by molar-refractivity contribution is -0.126. The van der Waals surface area contributed by atoms with E-state index in [1.807, 2.05) is 24.3 Å². The molecule has 11 nitrogen and oxygen atoms in total. The molecule has 4 aromatic rings. The molecule has 4 saturated heterocycles. The number of rotatable bonds is 7. The van der Waals surface area contributed by atoms with Crippen molar-refractivity contribution in [2.24, 2.45) is 5.92 Å². The Kier molecular flexibility index (Phi) is 9.11. The van der Waals surface area contributed by atoms with Gasteiger partial charge in [0.05, 0.1) is 32.0 Å². The minimum Gasteiger partial charge on any atom is -0.508 e. The van der Waals surface area contributed by atoms with E-state index < -0.39 is 6.04 Å². The van der Waals surface area contributed by atoms with Crippen molar-refractivity contribution in [3.63, 3.8) is 0 Å². The van der Waals surface area contributed by atoms with E-state index >= 15 is 0 Å². The smallest absolute Gasteiger partial charge is 0.255 e. The highest BCUT2D eigenvalue weighted by Gasteiger charge is 2.51. The number of nitrogens with one attached hydrogen (secondary N) is 1. The Morgan fingerprint density at radius 2 is 1.78 bits per heavy atom. The molecule has 4 fully saturated rings. The molecule has 11 heteroatoms. The average Bonchev–Trinajstić information content (AvgIpc) is 3.83. The van der Waals surface area contributed by atoms with E-state index in [0.717, 1.165) is 93.6 Å². The molecular weight excluding hydrogens is 755 g/mol. The minimum atomic E-state index is -0.486. The third-order valence-electron chi connectivity index (χ3n) is 14.5. The maximum atomic E-state index is 13.5. The van der Waals surface area contributed by atoms with Gasteiger partial charge in [0.15, 0.2) is 0 Å². The highest BCUT2D eigenvalue weighted by atomic mass is 16.5. The van der Waals surface area contributed by atoms with Crippen molar-refractivity contribution >= 4 is 23.2 Å². The maximum Gasteiger partial charge on any atom is 0.255 e. The minimum absolute atomic E-state index is 0.0960. The Hall–Kier alpha value is -5.52. The number of aryl methyl sites for hydroxylation is 1. The fourth-order valence-electron chi connectivity index (χ4n) is 11.7. The number of piperidine rings is 1. The number of amides is 2. The first-order valence-electron chi connectivity index (χ1n) is 21.7. The van der Waals surface area contributed by atoms with Crippen LogP contribution in [0.25, 0.3) is 0 Å². The van der Waals surface area contributed by atoms with Crippen LogP contribution >= 0.6 is 0 Å². The summed E-state index contributed by atoms with van der Waals surface area (Å²) < 4.78 is 19.3. The van der Waals surface area contributed by atoms with Gasteiger partial charge in [-0.25, -0.2) is 0 Å². The summed E-state index contributed by atoms with van der Waals surface area (Å²) in [6.45, 7) is 11.2. The molecule has 1 aliphatic carbocycles. The van der Waals surface area contributed by atoms with E-state index in [1.165, 1.54) is 22.3 Å². The monoisotopic (exact) mass is 807 g/mol.